The zero-order valence-corrected chi connectivity index (χ0v) is 20.1. The van der Waals surface area contributed by atoms with E-state index in [1.165, 1.54) is 26.3 Å². The first-order chi connectivity index (χ1) is 16.1. The second-order valence-corrected chi connectivity index (χ2v) is 10.0. The summed E-state index contributed by atoms with van der Waals surface area (Å²) >= 11 is 0. The predicted molar refractivity (Wildman–Crippen MR) is 125 cm³/mol. The zero-order valence-electron chi connectivity index (χ0n) is 19.2. The molecular weight excluding hydrogens is 465 g/mol. The highest BCUT2D eigenvalue weighted by Gasteiger charge is 2.39. The molecule has 0 radical (unpaired) electrons. The number of anilines is 2. The van der Waals surface area contributed by atoms with E-state index < -0.39 is 33.9 Å². The van der Waals surface area contributed by atoms with Gasteiger partial charge < -0.3 is 15.4 Å². The fraction of sp³-hybridized carbons (Fsp3) is 0.409. The molecule has 2 N–H and O–H groups in total. The number of aromatic nitrogens is 1. The Hall–Kier alpha value is -3.09. The van der Waals surface area contributed by atoms with Crippen LogP contribution in [-0.2, 0) is 26.1 Å². The fourth-order valence-corrected chi connectivity index (χ4v) is 4.89. The second-order valence-electron chi connectivity index (χ2n) is 7.83. The molecule has 0 saturated carbocycles. The lowest BCUT2D eigenvalue weighted by atomic mass is 10.1. The predicted octanol–water partition coefficient (Wildman–Crippen LogP) is 2.18. The summed E-state index contributed by atoms with van der Waals surface area (Å²) in [5.41, 5.74) is 1.55. The lowest BCUT2D eigenvalue weighted by molar-refractivity contribution is -0.147. The van der Waals surface area contributed by atoms with Crippen molar-refractivity contribution < 1.29 is 27.1 Å². The van der Waals surface area contributed by atoms with Crippen LogP contribution in [0.3, 0.4) is 0 Å². The Morgan fingerprint density at radius 3 is 2.62 bits per heavy atom. The van der Waals surface area contributed by atoms with Gasteiger partial charge in [-0.3, -0.25) is 14.7 Å². The van der Waals surface area contributed by atoms with E-state index in [1.54, 1.807) is 29.2 Å². The molecule has 1 aromatic carbocycles. The van der Waals surface area contributed by atoms with Crippen LogP contribution in [0.2, 0.25) is 0 Å². The number of sulfonamides is 1. The number of rotatable bonds is 7. The molecular formula is C22H28FN5O5S. The quantitative estimate of drug-likeness (QED) is 0.567. The number of ether oxygens (including phenoxy) is 1. The summed E-state index contributed by atoms with van der Waals surface area (Å²) in [5, 5.41) is 5.08. The van der Waals surface area contributed by atoms with E-state index in [1.807, 2.05) is 6.92 Å². The first-order valence-corrected chi connectivity index (χ1v) is 12.3. The number of hydrogen-bond donors (Lipinski definition) is 2. The van der Waals surface area contributed by atoms with Crippen molar-refractivity contribution in [1.82, 2.24) is 14.2 Å². The van der Waals surface area contributed by atoms with E-state index >= 15 is 4.39 Å². The lowest BCUT2D eigenvalue weighted by Gasteiger charge is -2.38. The Morgan fingerprint density at radius 2 is 1.97 bits per heavy atom. The van der Waals surface area contributed by atoms with Crippen molar-refractivity contribution in [2.24, 2.45) is 0 Å². The third kappa shape index (κ3) is 6.07. The van der Waals surface area contributed by atoms with Crippen LogP contribution in [0.4, 0.5) is 20.6 Å². The molecule has 0 aliphatic carbocycles. The zero-order chi connectivity index (χ0) is 24.9. The molecule has 2 aromatic rings. The first-order valence-electron chi connectivity index (χ1n) is 10.7. The van der Waals surface area contributed by atoms with Crippen LogP contribution >= 0.6 is 0 Å². The van der Waals surface area contributed by atoms with E-state index in [2.05, 4.69) is 15.6 Å². The molecule has 1 fully saturated rings. The van der Waals surface area contributed by atoms with Gasteiger partial charge >= 0.3 is 12.0 Å². The largest absolute Gasteiger partial charge is 0.468 e. The first kappa shape index (κ1) is 25.5. The molecule has 0 bridgehead atoms. The van der Waals surface area contributed by atoms with E-state index in [-0.39, 0.29) is 31.1 Å². The standard InChI is InChI=1S/C22H28FN5O5S/c1-4-34(31,32)28-11-10-27(14-19(28)21(29)33-3)13-16-6-5-7-18(20(16)23)26-22(30)25-17-9-8-15(2)24-12-17/h5-9,12,19H,4,10-11,13-14H2,1-3H3,(H2,25,26,30)/t19-/m0/s1. The van der Waals surface area contributed by atoms with Crippen molar-refractivity contribution in [2.75, 3.05) is 43.1 Å². The third-order valence-electron chi connectivity index (χ3n) is 5.50. The lowest BCUT2D eigenvalue weighted by Crippen LogP contribution is -2.58. The van der Waals surface area contributed by atoms with Crippen molar-refractivity contribution in [1.29, 1.82) is 0 Å². The van der Waals surface area contributed by atoms with Gasteiger partial charge in [-0.2, -0.15) is 4.31 Å². The number of amides is 2. The van der Waals surface area contributed by atoms with Crippen molar-refractivity contribution >= 4 is 33.4 Å². The maximum atomic E-state index is 15.1. The minimum atomic E-state index is -3.61. The number of carbonyl (C=O) groups excluding carboxylic acids is 2. The van der Waals surface area contributed by atoms with Crippen LogP contribution in [0.1, 0.15) is 18.2 Å². The van der Waals surface area contributed by atoms with Gasteiger partial charge in [0.05, 0.1) is 30.4 Å². The summed E-state index contributed by atoms with van der Waals surface area (Å²) in [6.07, 6.45) is 1.50. The number of hydrogen-bond acceptors (Lipinski definition) is 7. The maximum absolute atomic E-state index is 15.1. The third-order valence-corrected chi connectivity index (χ3v) is 7.38. The maximum Gasteiger partial charge on any atom is 0.325 e. The molecule has 0 unspecified atom stereocenters. The number of methoxy groups -OCH3 is 1. The number of halogens is 1. The van der Waals surface area contributed by atoms with Gasteiger partial charge in [-0.1, -0.05) is 12.1 Å². The minimum Gasteiger partial charge on any atom is -0.468 e. The summed E-state index contributed by atoms with van der Waals surface area (Å²) in [5.74, 6) is -1.42. The Morgan fingerprint density at radius 1 is 1.21 bits per heavy atom. The SMILES string of the molecule is CCS(=O)(=O)N1CCN(Cc2cccc(NC(=O)Nc3ccc(C)nc3)c2F)C[C@H]1C(=O)OC. The Kier molecular flexibility index (Phi) is 8.18. The molecule has 10 nitrogen and oxygen atoms in total. The van der Waals surface area contributed by atoms with Crippen molar-refractivity contribution in [3.05, 3.63) is 53.6 Å². The molecule has 184 valence electrons. The van der Waals surface area contributed by atoms with Gasteiger partial charge in [-0.15, -0.1) is 0 Å². The number of nitrogens with one attached hydrogen (secondary N) is 2. The summed E-state index contributed by atoms with van der Waals surface area (Å²) < 4.78 is 45.9. The number of esters is 1. The number of urea groups is 1. The summed E-state index contributed by atoms with van der Waals surface area (Å²) in [4.78, 5) is 30.4. The smallest absolute Gasteiger partial charge is 0.325 e. The van der Waals surface area contributed by atoms with Crippen LogP contribution in [0.25, 0.3) is 0 Å². The number of aryl methyl sites for hydroxylation is 1. The molecule has 1 atom stereocenters. The van der Waals surface area contributed by atoms with Crippen molar-refractivity contribution in [2.45, 2.75) is 26.4 Å². The summed E-state index contributed by atoms with van der Waals surface area (Å²) in [7, 11) is -2.41. The van der Waals surface area contributed by atoms with Crippen LogP contribution in [0.5, 0.6) is 0 Å². The molecule has 1 saturated heterocycles. The average Bonchev–Trinajstić information content (AvgIpc) is 2.82. The molecule has 3 rings (SSSR count). The van der Waals surface area contributed by atoms with Crippen LogP contribution in [0.15, 0.2) is 36.5 Å². The Labute approximate surface area is 198 Å². The van der Waals surface area contributed by atoms with Crippen LogP contribution in [-0.4, -0.2) is 73.1 Å². The molecule has 2 heterocycles. The normalized spacial score (nSPS) is 17.2. The summed E-state index contributed by atoms with van der Waals surface area (Å²) in [6, 6.07) is 6.42. The number of benzene rings is 1. The Bertz CT molecular complexity index is 1140. The highest BCUT2D eigenvalue weighted by Crippen LogP contribution is 2.23. The molecule has 2 amide bonds. The van der Waals surface area contributed by atoms with Gasteiger partial charge in [0.2, 0.25) is 10.0 Å². The van der Waals surface area contributed by atoms with Crippen LogP contribution < -0.4 is 10.6 Å². The monoisotopic (exact) mass is 493 g/mol. The van der Waals surface area contributed by atoms with E-state index in [4.69, 9.17) is 4.74 Å². The molecule has 0 spiro atoms. The second kappa shape index (κ2) is 10.9. The van der Waals surface area contributed by atoms with Gasteiger partial charge in [-0.05, 0) is 32.0 Å². The minimum absolute atomic E-state index is 0.00761. The van der Waals surface area contributed by atoms with E-state index in [0.717, 1.165) is 10.00 Å². The summed E-state index contributed by atoms with van der Waals surface area (Å²) in [6.45, 7) is 3.91. The number of carbonyl (C=O) groups is 2. The average molecular weight is 494 g/mol. The van der Waals surface area contributed by atoms with Gasteiger partial charge in [0.15, 0.2) is 5.82 Å². The van der Waals surface area contributed by atoms with Crippen molar-refractivity contribution in [3.8, 4) is 0 Å². The number of pyridine rings is 1. The van der Waals surface area contributed by atoms with Gasteiger partial charge in [-0.25, -0.2) is 17.6 Å². The van der Waals surface area contributed by atoms with Crippen molar-refractivity contribution in [3.63, 3.8) is 0 Å². The number of piperazine rings is 1. The molecule has 1 aliphatic heterocycles. The van der Waals surface area contributed by atoms with E-state index in [0.29, 0.717) is 17.8 Å². The van der Waals surface area contributed by atoms with Crippen LogP contribution in [0, 0.1) is 12.7 Å². The van der Waals surface area contributed by atoms with Gasteiger partial charge in [0, 0.05) is 37.4 Å². The fourth-order valence-electron chi connectivity index (χ4n) is 3.66. The Balaban J connectivity index is 1.70. The molecule has 34 heavy (non-hydrogen) atoms. The topological polar surface area (TPSA) is 121 Å². The van der Waals surface area contributed by atoms with Gasteiger partial charge in [0.1, 0.15) is 6.04 Å². The highest BCUT2D eigenvalue weighted by molar-refractivity contribution is 7.89. The van der Waals surface area contributed by atoms with E-state index in [9.17, 15) is 18.0 Å². The number of nitrogens with zero attached hydrogens (tertiary/aromatic N) is 3. The van der Waals surface area contributed by atoms with Gasteiger partial charge in [0.25, 0.3) is 0 Å². The molecule has 12 heteroatoms. The molecule has 1 aromatic heterocycles. The molecule has 1 aliphatic rings. The highest BCUT2D eigenvalue weighted by atomic mass is 32.2.